The van der Waals surface area contributed by atoms with E-state index in [1.807, 2.05) is 32.0 Å². The fraction of sp³-hybridized carbons (Fsp3) is 0.655. The minimum Gasteiger partial charge on any atom is -0.444 e. The molecule has 38 heavy (non-hydrogen) atoms. The topological polar surface area (TPSA) is 131 Å². The van der Waals surface area contributed by atoms with E-state index in [0.717, 1.165) is 43.2 Å². The monoisotopic (exact) mass is 532 g/mol. The van der Waals surface area contributed by atoms with Gasteiger partial charge in [-0.3, -0.25) is 14.4 Å². The maximum Gasteiger partial charge on any atom is 0.408 e. The first kappa shape index (κ1) is 32.9. The molecule has 0 bridgehead atoms. The average molecular weight is 533 g/mol. The van der Waals surface area contributed by atoms with E-state index in [-0.39, 0.29) is 12.5 Å². The Bertz CT molecular complexity index is 941. The van der Waals surface area contributed by atoms with Crippen LogP contribution in [-0.4, -0.2) is 53.4 Å². The smallest absolute Gasteiger partial charge is 0.408 e. The maximum absolute atomic E-state index is 14.0. The van der Waals surface area contributed by atoms with Crippen molar-refractivity contribution in [2.75, 3.05) is 13.1 Å². The fourth-order valence-electron chi connectivity index (χ4n) is 4.15. The molecule has 1 rings (SSSR count). The predicted octanol–water partition coefficient (Wildman–Crippen LogP) is 4.44. The van der Waals surface area contributed by atoms with Crippen LogP contribution >= 0.6 is 0 Å². The second-order valence-corrected chi connectivity index (χ2v) is 10.8. The number of unbranched alkanes of at least 4 members (excludes halogenated alkanes) is 4. The van der Waals surface area contributed by atoms with E-state index in [2.05, 4.69) is 24.5 Å². The molecule has 0 aliphatic rings. The van der Waals surface area contributed by atoms with Gasteiger partial charge in [-0.2, -0.15) is 0 Å². The molecule has 0 saturated heterocycles. The van der Waals surface area contributed by atoms with Gasteiger partial charge >= 0.3 is 6.09 Å². The second kappa shape index (κ2) is 16.0. The van der Waals surface area contributed by atoms with Crippen molar-refractivity contribution in [1.29, 1.82) is 0 Å². The molecule has 2 unspecified atom stereocenters. The molecule has 0 aliphatic heterocycles. The highest BCUT2D eigenvalue weighted by molar-refractivity contribution is 5.94. The lowest BCUT2D eigenvalue weighted by Gasteiger charge is -2.35. The fourth-order valence-corrected chi connectivity index (χ4v) is 4.15. The Morgan fingerprint density at radius 2 is 1.63 bits per heavy atom. The zero-order chi connectivity index (χ0) is 28.9. The molecule has 2 atom stereocenters. The first-order valence-electron chi connectivity index (χ1n) is 13.7. The number of alkyl carbamates (subject to hydrolysis) is 1. The van der Waals surface area contributed by atoms with Gasteiger partial charge < -0.3 is 26.0 Å². The van der Waals surface area contributed by atoms with Crippen LogP contribution in [0.3, 0.4) is 0 Å². The van der Waals surface area contributed by atoms with E-state index < -0.39 is 42.0 Å². The average Bonchev–Trinajstić information content (AvgIpc) is 2.81. The summed E-state index contributed by atoms with van der Waals surface area (Å²) in [7, 11) is 0. The molecule has 9 heteroatoms. The second-order valence-electron chi connectivity index (χ2n) is 10.8. The van der Waals surface area contributed by atoms with Crippen molar-refractivity contribution in [3.8, 4) is 0 Å². The summed E-state index contributed by atoms with van der Waals surface area (Å²) in [6.07, 6.45) is 4.00. The van der Waals surface area contributed by atoms with Crippen molar-refractivity contribution >= 4 is 23.8 Å². The Morgan fingerprint density at radius 3 is 2.21 bits per heavy atom. The van der Waals surface area contributed by atoms with Crippen LogP contribution in [0.4, 0.5) is 4.79 Å². The summed E-state index contributed by atoms with van der Waals surface area (Å²) < 4.78 is 5.33. The molecular weight excluding hydrogens is 484 g/mol. The highest BCUT2D eigenvalue weighted by atomic mass is 16.6. The van der Waals surface area contributed by atoms with Gasteiger partial charge in [0.15, 0.2) is 0 Å². The number of nitrogens with zero attached hydrogens (tertiary/aromatic N) is 1. The van der Waals surface area contributed by atoms with Crippen molar-refractivity contribution in [2.45, 2.75) is 111 Å². The highest BCUT2D eigenvalue weighted by Crippen LogP contribution is 2.28. The van der Waals surface area contributed by atoms with Crippen LogP contribution in [0.1, 0.15) is 102 Å². The number of hydrogen-bond acceptors (Lipinski definition) is 5. The third-order valence-electron chi connectivity index (χ3n) is 6.26. The number of carbonyl (C=O) groups is 4. The summed E-state index contributed by atoms with van der Waals surface area (Å²) in [5.41, 5.74) is 7.26. The van der Waals surface area contributed by atoms with Crippen LogP contribution in [0.25, 0.3) is 0 Å². The Kier molecular flexibility index (Phi) is 13.9. The van der Waals surface area contributed by atoms with E-state index >= 15 is 0 Å². The summed E-state index contributed by atoms with van der Waals surface area (Å²) in [6.45, 7) is 13.9. The Balaban J connectivity index is 3.52. The number of amides is 4. The lowest BCUT2D eigenvalue weighted by Crippen LogP contribution is -2.54. The number of benzene rings is 1. The van der Waals surface area contributed by atoms with Gasteiger partial charge in [0, 0.05) is 13.1 Å². The minimum absolute atomic E-state index is 0.276. The lowest BCUT2D eigenvalue weighted by atomic mass is 9.94. The zero-order valence-electron chi connectivity index (χ0n) is 24.3. The van der Waals surface area contributed by atoms with Crippen LogP contribution in [-0.2, 0) is 19.1 Å². The maximum atomic E-state index is 14.0. The molecule has 0 heterocycles. The lowest BCUT2D eigenvalue weighted by molar-refractivity contribution is -0.143. The van der Waals surface area contributed by atoms with Gasteiger partial charge in [-0.25, -0.2) is 4.79 Å². The third kappa shape index (κ3) is 11.1. The Hall–Kier alpha value is -3.10. The van der Waals surface area contributed by atoms with E-state index in [1.54, 1.807) is 20.8 Å². The molecule has 0 fully saturated rings. The van der Waals surface area contributed by atoms with Crippen molar-refractivity contribution in [2.24, 2.45) is 5.73 Å². The molecule has 0 aliphatic carbocycles. The van der Waals surface area contributed by atoms with Gasteiger partial charge in [-0.1, -0.05) is 57.7 Å². The Morgan fingerprint density at radius 1 is 1.00 bits per heavy atom. The molecule has 4 N–H and O–H groups in total. The number of aryl methyl sites for hydroxylation is 1. The summed E-state index contributed by atoms with van der Waals surface area (Å²) in [5, 5.41) is 5.53. The molecule has 4 amide bonds. The first-order valence-corrected chi connectivity index (χ1v) is 13.7. The molecule has 1 aromatic rings. The molecule has 214 valence electrons. The summed E-state index contributed by atoms with van der Waals surface area (Å²) >= 11 is 0. The number of rotatable bonds is 15. The first-order chi connectivity index (χ1) is 17.8. The van der Waals surface area contributed by atoms with Crippen LogP contribution in [0, 0.1) is 13.8 Å². The molecular formula is C29H48N4O5. The molecule has 0 radical (unpaired) electrons. The molecule has 0 aromatic heterocycles. The van der Waals surface area contributed by atoms with E-state index in [1.165, 1.54) is 4.90 Å². The summed E-state index contributed by atoms with van der Waals surface area (Å²) in [4.78, 5) is 53.7. The quantitative estimate of drug-likeness (QED) is 0.288. The summed E-state index contributed by atoms with van der Waals surface area (Å²) in [5.74, 6) is -1.60. The number of carbonyl (C=O) groups excluding carboxylic acids is 4. The van der Waals surface area contributed by atoms with Crippen LogP contribution in [0.15, 0.2) is 18.2 Å². The van der Waals surface area contributed by atoms with E-state index in [4.69, 9.17) is 10.5 Å². The van der Waals surface area contributed by atoms with E-state index in [9.17, 15) is 19.2 Å². The SMILES string of the molecule is CCCCCNC(=O)C(c1cccc(C)c1C)N(CCCCC)C(=O)C(CC(N)=O)NC(=O)OC(C)(C)C. The van der Waals surface area contributed by atoms with Gasteiger partial charge in [0.2, 0.25) is 17.7 Å². The van der Waals surface area contributed by atoms with Gasteiger partial charge in [-0.05, 0) is 64.2 Å². The van der Waals surface area contributed by atoms with Crippen LogP contribution < -0.4 is 16.4 Å². The zero-order valence-corrected chi connectivity index (χ0v) is 24.3. The molecule has 9 nitrogen and oxygen atoms in total. The third-order valence-corrected chi connectivity index (χ3v) is 6.26. The normalized spacial score (nSPS) is 12.8. The highest BCUT2D eigenvalue weighted by Gasteiger charge is 2.37. The summed E-state index contributed by atoms with van der Waals surface area (Å²) in [6, 6.07) is 3.46. The van der Waals surface area contributed by atoms with Gasteiger partial charge in [0.1, 0.15) is 17.7 Å². The van der Waals surface area contributed by atoms with Crippen molar-refractivity contribution < 1.29 is 23.9 Å². The molecule has 1 aromatic carbocycles. The van der Waals surface area contributed by atoms with Crippen molar-refractivity contribution in [3.05, 3.63) is 34.9 Å². The van der Waals surface area contributed by atoms with E-state index in [0.29, 0.717) is 18.5 Å². The number of primary amides is 1. The molecule has 0 spiro atoms. The minimum atomic E-state index is -1.27. The number of hydrogen-bond donors (Lipinski definition) is 3. The number of nitrogens with one attached hydrogen (secondary N) is 2. The number of ether oxygens (including phenoxy) is 1. The van der Waals surface area contributed by atoms with Crippen LogP contribution in [0.5, 0.6) is 0 Å². The standard InChI is InChI=1S/C29H48N4O5/c1-8-10-12-17-31-26(35)25(22-16-14-15-20(3)21(22)4)33(18-13-11-9-2)27(36)23(19-24(30)34)32-28(37)38-29(5,6)7/h14-16,23,25H,8-13,17-19H2,1-7H3,(H2,30,34)(H,31,35)(H,32,37). The van der Waals surface area contributed by atoms with Crippen LogP contribution in [0.2, 0.25) is 0 Å². The van der Waals surface area contributed by atoms with Gasteiger partial charge in [0.05, 0.1) is 6.42 Å². The molecule has 0 saturated carbocycles. The predicted molar refractivity (Wildman–Crippen MR) is 149 cm³/mol. The van der Waals surface area contributed by atoms with Crippen molar-refractivity contribution in [3.63, 3.8) is 0 Å². The van der Waals surface area contributed by atoms with Crippen molar-refractivity contribution in [1.82, 2.24) is 15.5 Å². The van der Waals surface area contributed by atoms with Gasteiger partial charge in [0.25, 0.3) is 0 Å². The van der Waals surface area contributed by atoms with Gasteiger partial charge in [-0.15, -0.1) is 0 Å². The largest absolute Gasteiger partial charge is 0.444 e. The number of nitrogens with two attached hydrogens (primary N) is 1. The Labute approximate surface area is 228 Å².